The highest BCUT2D eigenvalue weighted by atomic mass is 79.9. The van der Waals surface area contributed by atoms with Gasteiger partial charge in [0.15, 0.2) is 6.04 Å². The number of aliphatic carboxylic acids is 1. The molecule has 0 radical (unpaired) electrons. The van der Waals surface area contributed by atoms with Crippen LogP contribution >= 0.6 is 15.9 Å². The Kier molecular flexibility index (Phi) is 4.80. The zero-order chi connectivity index (χ0) is 15.4. The molecule has 0 fully saturated rings. The molecule has 0 saturated heterocycles. The predicted molar refractivity (Wildman–Crippen MR) is 81.1 cm³/mol. The molecule has 0 heterocycles. The van der Waals surface area contributed by atoms with Gasteiger partial charge in [-0.05, 0) is 36.4 Å². The summed E-state index contributed by atoms with van der Waals surface area (Å²) in [4.78, 5) is 11.5. The van der Waals surface area contributed by atoms with E-state index in [9.17, 15) is 14.3 Å². The largest absolute Gasteiger partial charge is 0.496 e. The molecule has 0 bridgehead atoms. The molecular formula is C15H13BrFNO3. The number of halogens is 2. The predicted octanol–water partition coefficient (Wildman–Crippen LogP) is 3.83. The van der Waals surface area contributed by atoms with Gasteiger partial charge in [-0.1, -0.05) is 22.0 Å². The molecule has 0 aliphatic rings. The van der Waals surface area contributed by atoms with E-state index in [1.54, 1.807) is 24.3 Å². The molecule has 2 N–H and O–H groups in total. The lowest BCUT2D eigenvalue weighted by Gasteiger charge is -2.19. The summed E-state index contributed by atoms with van der Waals surface area (Å²) in [7, 11) is 1.47. The number of hydrogen-bond donors (Lipinski definition) is 2. The highest BCUT2D eigenvalue weighted by molar-refractivity contribution is 9.10. The van der Waals surface area contributed by atoms with Gasteiger partial charge >= 0.3 is 5.97 Å². The van der Waals surface area contributed by atoms with Gasteiger partial charge in [-0.25, -0.2) is 9.18 Å². The normalized spacial score (nSPS) is 11.8. The molecule has 2 aromatic carbocycles. The molecule has 0 spiro atoms. The van der Waals surface area contributed by atoms with E-state index in [1.165, 1.54) is 25.3 Å². The van der Waals surface area contributed by atoms with Crippen LogP contribution in [0.25, 0.3) is 0 Å². The summed E-state index contributed by atoms with van der Waals surface area (Å²) in [5, 5.41) is 12.2. The number of benzene rings is 2. The first-order valence-electron chi connectivity index (χ1n) is 6.09. The minimum Gasteiger partial charge on any atom is -0.496 e. The molecule has 0 aromatic heterocycles. The summed E-state index contributed by atoms with van der Waals surface area (Å²) >= 11 is 3.30. The first kappa shape index (κ1) is 15.3. The molecule has 2 rings (SSSR count). The van der Waals surface area contributed by atoms with E-state index in [2.05, 4.69) is 21.2 Å². The Balaban J connectivity index is 2.40. The Morgan fingerprint density at radius 3 is 2.71 bits per heavy atom. The number of methoxy groups -OCH3 is 1. The lowest BCUT2D eigenvalue weighted by atomic mass is 10.1. The minimum atomic E-state index is -1.09. The van der Waals surface area contributed by atoms with Crippen molar-refractivity contribution in [2.75, 3.05) is 12.4 Å². The van der Waals surface area contributed by atoms with Crippen molar-refractivity contribution in [3.8, 4) is 5.75 Å². The molecule has 0 amide bonds. The fourth-order valence-electron chi connectivity index (χ4n) is 1.95. The highest BCUT2D eigenvalue weighted by Gasteiger charge is 2.23. The van der Waals surface area contributed by atoms with Crippen LogP contribution in [-0.4, -0.2) is 18.2 Å². The van der Waals surface area contributed by atoms with E-state index < -0.39 is 17.8 Å². The van der Waals surface area contributed by atoms with Crippen LogP contribution in [0.5, 0.6) is 5.75 Å². The summed E-state index contributed by atoms with van der Waals surface area (Å²) < 4.78 is 19.1. The lowest BCUT2D eigenvalue weighted by molar-refractivity contribution is -0.138. The van der Waals surface area contributed by atoms with Crippen LogP contribution in [0.2, 0.25) is 0 Å². The van der Waals surface area contributed by atoms with Gasteiger partial charge in [0, 0.05) is 15.7 Å². The van der Waals surface area contributed by atoms with Gasteiger partial charge in [0.05, 0.1) is 7.11 Å². The number of nitrogens with one attached hydrogen (secondary N) is 1. The van der Waals surface area contributed by atoms with E-state index in [0.717, 1.165) is 4.47 Å². The topological polar surface area (TPSA) is 58.6 Å². The molecule has 0 saturated carbocycles. The number of hydrogen-bond acceptors (Lipinski definition) is 3. The molecule has 0 aliphatic heterocycles. The minimum absolute atomic E-state index is 0.379. The quantitative estimate of drug-likeness (QED) is 0.857. The van der Waals surface area contributed by atoms with Gasteiger partial charge in [-0.15, -0.1) is 0 Å². The van der Waals surface area contributed by atoms with Crippen LogP contribution in [0.4, 0.5) is 10.1 Å². The molecule has 2 aromatic rings. The smallest absolute Gasteiger partial charge is 0.330 e. The zero-order valence-corrected chi connectivity index (χ0v) is 12.7. The van der Waals surface area contributed by atoms with Gasteiger partial charge in [0.1, 0.15) is 11.6 Å². The number of rotatable bonds is 5. The number of anilines is 1. The number of ether oxygens (including phenoxy) is 1. The van der Waals surface area contributed by atoms with E-state index in [1.807, 2.05) is 0 Å². The monoisotopic (exact) mass is 353 g/mol. The average molecular weight is 354 g/mol. The van der Waals surface area contributed by atoms with Crippen LogP contribution in [0.3, 0.4) is 0 Å². The fraction of sp³-hybridized carbons (Fsp3) is 0.133. The Morgan fingerprint density at radius 2 is 2.10 bits per heavy atom. The van der Waals surface area contributed by atoms with E-state index >= 15 is 0 Å². The van der Waals surface area contributed by atoms with Crippen molar-refractivity contribution in [2.24, 2.45) is 0 Å². The van der Waals surface area contributed by atoms with Gasteiger partial charge in [-0.3, -0.25) is 0 Å². The molecule has 21 heavy (non-hydrogen) atoms. The average Bonchev–Trinajstić information content (AvgIpc) is 2.44. The number of carboxylic acid groups (broad SMARTS) is 1. The Hall–Kier alpha value is -2.08. The third kappa shape index (κ3) is 3.72. The highest BCUT2D eigenvalue weighted by Crippen LogP contribution is 2.31. The van der Waals surface area contributed by atoms with Crippen LogP contribution in [0.1, 0.15) is 11.6 Å². The maximum Gasteiger partial charge on any atom is 0.330 e. The van der Waals surface area contributed by atoms with Crippen molar-refractivity contribution in [2.45, 2.75) is 6.04 Å². The summed E-state index contributed by atoms with van der Waals surface area (Å²) in [6.07, 6.45) is 0. The van der Waals surface area contributed by atoms with Gasteiger partial charge < -0.3 is 15.2 Å². The van der Waals surface area contributed by atoms with Crippen molar-refractivity contribution in [1.82, 2.24) is 0 Å². The Bertz CT molecular complexity index is 663. The number of carboxylic acids is 1. The van der Waals surface area contributed by atoms with Crippen LogP contribution in [0.15, 0.2) is 46.9 Å². The summed E-state index contributed by atoms with van der Waals surface area (Å²) in [5.74, 6) is -1.09. The lowest BCUT2D eigenvalue weighted by Crippen LogP contribution is -2.21. The van der Waals surface area contributed by atoms with Gasteiger partial charge in [0.25, 0.3) is 0 Å². The first-order chi connectivity index (χ1) is 10.0. The summed E-state index contributed by atoms with van der Waals surface area (Å²) in [6, 6.07) is 9.66. The summed E-state index contributed by atoms with van der Waals surface area (Å²) in [6.45, 7) is 0. The Morgan fingerprint density at radius 1 is 1.33 bits per heavy atom. The molecule has 0 aliphatic carbocycles. The molecular weight excluding hydrogens is 341 g/mol. The second kappa shape index (κ2) is 6.58. The number of carbonyl (C=O) groups is 1. The van der Waals surface area contributed by atoms with E-state index in [-0.39, 0.29) is 0 Å². The summed E-state index contributed by atoms with van der Waals surface area (Å²) in [5.41, 5.74) is 0.827. The molecule has 6 heteroatoms. The van der Waals surface area contributed by atoms with Crippen molar-refractivity contribution >= 4 is 27.6 Å². The van der Waals surface area contributed by atoms with Crippen molar-refractivity contribution in [1.29, 1.82) is 0 Å². The second-order valence-electron chi connectivity index (χ2n) is 4.31. The maximum atomic E-state index is 13.2. The fourth-order valence-corrected chi connectivity index (χ4v) is 2.33. The van der Waals surface area contributed by atoms with Crippen LogP contribution in [-0.2, 0) is 4.79 Å². The van der Waals surface area contributed by atoms with Crippen LogP contribution in [0, 0.1) is 5.82 Å². The maximum absolute atomic E-state index is 13.2. The molecule has 4 nitrogen and oxygen atoms in total. The molecule has 1 unspecified atom stereocenters. The van der Waals surface area contributed by atoms with E-state index in [4.69, 9.17) is 4.74 Å². The second-order valence-corrected chi connectivity index (χ2v) is 5.23. The SMILES string of the molecule is COc1ccc(Br)cc1C(Nc1cccc(F)c1)C(=O)O. The van der Waals surface area contributed by atoms with Crippen molar-refractivity contribution < 1.29 is 19.0 Å². The first-order valence-corrected chi connectivity index (χ1v) is 6.89. The van der Waals surface area contributed by atoms with Gasteiger partial charge in [-0.2, -0.15) is 0 Å². The van der Waals surface area contributed by atoms with Crippen LogP contribution < -0.4 is 10.1 Å². The molecule has 110 valence electrons. The molecule has 1 atom stereocenters. The third-order valence-corrected chi connectivity index (χ3v) is 3.38. The standard InChI is InChI=1S/C15H13BrFNO3/c1-21-13-6-5-9(16)7-12(13)14(15(19)20)18-11-4-2-3-10(17)8-11/h2-8,14,18H,1H3,(H,19,20). The third-order valence-electron chi connectivity index (χ3n) is 2.89. The van der Waals surface area contributed by atoms with E-state index in [0.29, 0.717) is 17.0 Å². The van der Waals surface area contributed by atoms with Gasteiger partial charge in [0.2, 0.25) is 0 Å². The Labute approximate surface area is 129 Å². The van der Waals surface area contributed by atoms with Crippen molar-refractivity contribution in [3.63, 3.8) is 0 Å². The zero-order valence-electron chi connectivity index (χ0n) is 11.1. The van der Waals surface area contributed by atoms with Crippen molar-refractivity contribution in [3.05, 3.63) is 58.3 Å².